The van der Waals surface area contributed by atoms with Crippen molar-refractivity contribution in [2.24, 2.45) is 0 Å². The number of nitrogens with zero attached hydrogens (tertiary/aromatic N) is 1. The summed E-state index contributed by atoms with van der Waals surface area (Å²) in [5, 5.41) is 17.4. The fourth-order valence-corrected chi connectivity index (χ4v) is 0.965. The molecule has 0 fully saturated rings. The molecule has 2 N–H and O–H groups in total. The van der Waals surface area contributed by atoms with Gasteiger partial charge in [0.1, 0.15) is 6.61 Å². The Kier molecular flexibility index (Phi) is 3.67. The average molecular weight is 183 g/mol. The van der Waals surface area contributed by atoms with Crippen LogP contribution in [0.25, 0.3) is 0 Å². The molecule has 4 nitrogen and oxygen atoms in total. The van der Waals surface area contributed by atoms with Crippen molar-refractivity contribution >= 4 is 0 Å². The Morgan fingerprint density at radius 3 is 2.69 bits per heavy atom. The van der Waals surface area contributed by atoms with Crippen molar-refractivity contribution < 1.29 is 14.9 Å². The highest BCUT2D eigenvalue weighted by Crippen LogP contribution is 2.11. The van der Waals surface area contributed by atoms with Gasteiger partial charge in [-0.25, -0.2) is 4.98 Å². The number of hydrogen-bond donors (Lipinski definition) is 2. The van der Waals surface area contributed by atoms with Crippen LogP contribution in [0.5, 0.6) is 5.88 Å². The zero-order valence-corrected chi connectivity index (χ0v) is 7.53. The molecule has 0 amide bonds. The molecule has 0 spiro atoms. The van der Waals surface area contributed by atoms with E-state index >= 15 is 0 Å². The van der Waals surface area contributed by atoms with E-state index in [1.54, 1.807) is 19.1 Å². The predicted molar refractivity (Wildman–Crippen MR) is 47.5 cm³/mol. The lowest BCUT2D eigenvalue weighted by molar-refractivity contribution is 0.196. The third kappa shape index (κ3) is 2.68. The highest BCUT2D eigenvalue weighted by Gasteiger charge is 2.00. The van der Waals surface area contributed by atoms with Crippen LogP contribution < -0.4 is 4.74 Å². The third-order valence-corrected chi connectivity index (χ3v) is 1.68. The van der Waals surface area contributed by atoms with Gasteiger partial charge in [-0.15, -0.1) is 0 Å². The van der Waals surface area contributed by atoms with E-state index in [9.17, 15) is 0 Å². The Bertz CT molecular complexity index is 276. The highest BCUT2D eigenvalue weighted by atomic mass is 16.5. The second-order valence-corrected chi connectivity index (χ2v) is 2.62. The maximum absolute atomic E-state index is 8.86. The van der Waals surface area contributed by atoms with Gasteiger partial charge in [-0.2, -0.15) is 0 Å². The molecule has 13 heavy (non-hydrogen) atoms. The van der Waals surface area contributed by atoms with E-state index in [2.05, 4.69) is 4.98 Å². The van der Waals surface area contributed by atoms with Crippen LogP contribution in [0, 0.1) is 6.92 Å². The Hall–Kier alpha value is -1.13. The van der Waals surface area contributed by atoms with Gasteiger partial charge >= 0.3 is 0 Å². The largest absolute Gasteiger partial charge is 0.475 e. The average Bonchev–Trinajstić information content (AvgIpc) is 2.15. The molecule has 0 unspecified atom stereocenters. The Morgan fingerprint density at radius 2 is 2.15 bits per heavy atom. The molecule has 1 rings (SSSR count). The minimum Gasteiger partial charge on any atom is -0.475 e. The van der Waals surface area contributed by atoms with E-state index in [0.29, 0.717) is 5.88 Å². The first-order chi connectivity index (χ1) is 6.27. The van der Waals surface area contributed by atoms with E-state index in [4.69, 9.17) is 14.9 Å². The molecule has 0 atom stereocenters. The summed E-state index contributed by atoms with van der Waals surface area (Å²) in [7, 11) is 0. The Labute approximate surface area is 76.8 Å². The second kappa shape index (κ2) is 4.79. The number of aryl methyl sites for hydroxylation is 1. The number of hydrogen-bond acceptors (Lipinski definition) is 4. The van der Waals surface area contributed by atoms with Gasteiger partial charge in [0.2, 0.25) is 5.88 Å². The zero-order chi connectivity index (χ0) is 9.68. The fraction of sp³-hybridized carbons (Fsp3) is 0.444. The van der Waals surface area contributed by atoms with Crippen LogP contribution in [0.2, 0.25) is 0 Å². The van der Waals surface area contributed by atoms with Crippen molar-refractivity contribution in [1.29, 1.82) is 0 Å². The van der Waals surface area contributed by atoms with E-state index in [1.165, 1.54) is 0 Å². The summed E-state index contributed by atoms with van der Waals surface area (Å²) in [5.41, 5.74) is 1.54. The van der Waals surface area contributed by atoms with Crippen molar-refractivity contribution in [3.63, 3.8) is 0 Å². The number of aliphatic hydroxyl groups excluding tert-OH is 2. The molecule has 72 valence electrons. The monoisotopic (exact) mass is 183 g/mol. The van der Waals surface area contributed by atoms with Gasteiger partial charge in [0.05, 0.1) is 13.2 Å². The molecule has 1 aromatic rings. The summed E-state index contributed by atoms with van der Waals surface area (Å²) >= 11 is 0. The summed E-state index contributed by atoms with van der Waals surface area (Å²) in [6.07, 6.45) is 0. The topological polar surface area (TPSA) is 62.6 Å². The molecule has 1 aromatic heterocycles. The molecular weight excluding hydrogens is 170 g/mol. The SMILES string of the molecule is Cc1nc(OCCO)ccc1CO. The van der Waals surface area contributed by atoms with Gasteiger partial charge in [0.25, 0.3) is 0 Å². The number of aromatic nitrogens is 1. The smallest absolute Gasteiger partial charge is 0.213 e. The lowest BCUT2D eigenvalue weighted by Gasteiger charge is -2.06. The first-order valence-electron chi connectivity index (χ1n) is 4.09. The molecule has 0 aliphatic carbocycles. The van der Waals surface area contributed by atoms with Crippen molar-refractivity contribution in [3.8, 4) is 5.88 Å². The fourth-order valence-electron chi connectivity index (χ4n) is 0.965. The minimum atomic E-state index is -0.0253. The molecule has 0 aliphatic heterocycles. The van der Waals surface area contributed by atoms with Gasteiger partial charge in [-0.3, -0.25) is 0 Å². The van der Waals surface area contributed by atoms with Crippen LogP contribution in [-0.2, 0) is 6.61 Å². The first kappa shape index (κ1) is 9.95. The summed E-state index contributed by atoms with van der Waals surface area (Å²) in [6.45, 7) is 2.00. The van der Waals surface area contributed by atoms with Gasteiger partial charge in [-0.1, -0.05) is 0 Å². The van der Waals surface area contributed by atoms with Crippen molar-refractivity contribution in [2.45, 2.75) is 13.5 Å². The molecule has 0 saturated carbocycles. The summed E-state index contributed by atoms with van der Waals surface area (Å²) in [6, 6.07) is 3.43. The maximum atomic E-state index is 8.86. The molecule has 0 aliphatic rings. The first-order valence-corrected chi connectivity index (χ1v) is 4.09. The second-order valence-electron chi connectivity index (χ2n) is 2.62. The van der Waals surface area contributed by atoms with Crippen LogP contribution >= 0.6 is 0 Å². The van der Waals surface area contributed by atoms with E-state index in [-0.39, 0.29) is 19.8 Å². The van der Waals surface area contributed by atoms with Gasteiger partial charge in [-0.05, 0) is 18.6 Å². The molecule has 0 bridgehead atoms. The zero-order valence-electron chi connectivity index (χ0n) is 7.53. The lowest BCUT2D eigenvalue weighted by atomic mass is 10.2. The third-order valence-electron chi connectivity index (χ3n) is 1.68. The van der Waals surface area contributed by atoms with Gasteiger partial charge < -0.3 is 14.9 Å². The lowest BCUT2D eigenvalue weighted by Crippen LogP contribution is -2.04. The minimum absolute atomic E-state index is 0.0148. The predicted octanol–water partition coefficient (Wildman–Crippen LogP) is 0.253. The van der Waals surface area contributed by atoms with Crippen molar-refractivity contribution in [1.82, 2.24) is 4.98 Å². The Balaban J connectivity index is 2.71. The number of aliphatic hydroxyl groups is 2. The molecule has 4 heteroatoms. The molecule has 0 aromatic carbocycles. The number of pyridine rings is 1. The van der Waals surface area contributed by atoms with Crippen LogP contribution in [0.15, 0.2) is 12.1 Å². The molecule has 1 heterocycles. The molecular formula is C9H13NO3. The summed E-state index contributed by atoms with van der Waals surface area (Å²) < 4.78 is 5.09. The number of rotatable bonds is 4. The molecule has 0 saturated heterocycles. The van der Waals surface area contributed by atoms with Crippen LogP contribution in [0.4, 0.5) is 0 Å². The summed E-state index contributed by atoms with van der Waals surface area (Å²) in [5.74, 6) is 0.476. The van der Waals surface area contributed by atoms with Crippen LogP contribution in [0.1, 0.15) is 11.3 Å². The van der Waals surface area contributed by atoms with Crippen molar-refractivity contribution in [2.75, 3.05) is 13.2 Å². The standard InChI is InChI=1S/C9H13NO3/c1-7-8(6-12)2-3-9(10-7)13-5-4-11/h2-3,11-12H,4-6H2,1H3. The van der Waals surface area contributed by atoms with Crippen LogP contribution in [0.3, 0.4) is 0 Å². The van der Waals surface area contributed by atoms with E-state index in [0.717, 1.165) is 11.3 Å². The Morgan fingerprint density at radius 1 is 1.38 bits per heavy atom. The highest BCUT2D eigenvalue weighted by molar-refractivity contribution is 5.24. The summed E-state index contributed by atoms with van der Waals surface area (Å²) in [4.78, 5) is 4.09. The molecule has 0 radical (unpaired) electrons. The maximum Gasteiger partial charge on any atom is 0.213 e. The normalized spacial score (nSPS) is 10.1. The van der Waals surface area contributed by atoms with E-state index in [1.807, 2.05) is 0 Å². The van der Waals surface area contributed by atoms with Gasteiger partial charge in [0.15, 0.2) is 0 Å². The van der Waals surface area contributed by atoms with Gasteiger partial charge in [0, 0.05) is 11.8 Å². The van der Waals surface area contributed by atoms with Crippen LogP contribution in [-0.4, -0.2) is 28.4 Å². The van der Waals surface area contributed by atoms with Crippen molar-refractivity contribution in [3.05, 3.63) is 23.4 Å². The van der Waals surface area contributed by atoms with E-state index < -0.39 is 0 Å². The quantitative estimate of drug-likeness (QED) is 0.702. The number of ether oxygens (including phenoxy) is 1.